The summed E-state index contributed by atoms with van der Waals surface area (Å²) in [7, 11) is 0. The number of halogens is 3. The van der Waals surface area contributed by atoms with Crippen LogP contribution in [-0.2, 0) is 17.8 Å². The monoisotopic (exact) mass is 490 g/mol. The zero-order valence-electron chi connectivity index (χ0n) is 16.6. The molecule has 0 aromatic heterocycles. The van der Waals surface area contributed by atoms with E-state index < -0.39 is 5.97 Å². The minimum atomic E-state index is -1.03. The van der Waals surface area contributed by atoms with Gasteiger partial charge in [0.15, 0.2) is 11.5 Å². The maximum Gasteiger partial charge on any atom is 0.331 e. The van der Waals surface area contributed by atoms with Crippen LogP contribution < -0.4 is 14.2 Å². The highest BCUT2D eigenvalue weighted by molar-refractivity contribution is 6.36. The van der Waals surface area contributed by atoms with Crippen LogP contribution in [0.2, 0.25) is 15.1 Å². The van der Waals surface area contributed by atoms with Crippen molar-refractivity contribution in [3.63, 3.8) is 0 Å². The topological polar surface area (TPSA) is 65.0 Å². The third-order valence-electron chi connectivity index (χ3n) is 4.86. The molecule has 3 aromatic carbocycles. The van der Waals surface area contributed by atoms with Gasteiger partial charge in [-0.3, -0.25) is 0 Å². The van der Waals surface area contributed by atoms with Crippen molar-refractivity contribution in [2.45, 2.75) is 13.0 Å². The summed E-state index contributed by atoms with van der Waals surface area (Å²) in [4.78, 5) is 11.8. The Labute approximate surface area is 199 Å². The van der Waals surface area contributed by atoms with Gasteiger partial charge in [0.25, 0.3) is 0 Å². The van der Waals surface area contributed by atoms with Gasteiger partial charge < -0.3 is 19.3 Å². The molecule has 32 heavy (non-hydrogen) atoms. The highest BCUT2D eigenvalue weighted by Crippen LogP contribution is 2.37. The fraction of sp³-hybridized carbons (Fsp3) is 0.125. The number of carboxylic acid groups (broad SMARTS) is 1. The Morgan fingerprint density at radius 3 is 2.28 bits per heavy atom. The molecule has 1 N–H and O–H groups in total. The second kappa shape index (κ2) is 9.74. The highest BCUT2D eigenvalue weighted by atomic mass is 35.5. The number of fused-ring (bicyclic) bond motifs is 1. The Balaban J connectivity index is 1.48. The highest BCUT2D eigenvalue weighted by Gasteiger charge is 2.19. The zero-order valence-corrected chi connectivity index (χ0v) is 18.9. The van der Waals surface area contributed by atoms with Gasteiger partial charge in [-0.25, -0.2) is 4.79 Å². The lowest BCUT2D eigenvalue weighted by molar-refractivity contribution is -0.132. The molecule has 0 saturated carbocycles. The Morgan fingerprint density at radius 1 is 0.969 bits per heavy atom. The smallest absolute Gasteiger partial charge is 0.331 e. The first kappa shape index (κ1) is 22.3. The molecule has 0 bridgehead atoms. The Bertz CT molecular complexity index is 1170. The average Bonchev–Trinajstić information content (AvgIpc) is 3.21. The van der Waals surface area contributed by atoms with E-state index in [1.165, 1.54) is 0 Å². The van der Waals surface area contributed by atoms with Gasteiger partial charge in [0.05, 0.1) is 0 Å². The van der Waals surface area contributed by atoms with Gasteiger partial charge >= 0.3 is 5.97 Å². The van der Waals surface area contributed by atoms with Crippen LogP contribution in [0.5, 0.6) is 17.2 Å². The third kappa shape index (κ3) is 5.13. The first-order valence-electron chi connectivity index (χ1n) is 9.58. The van der Waals surface area contributed by atoms with E-state index in [9.17, 15) is 9.90 Å². The Hall–Kier alpha value is -2.86. The second-order valence-electron chi connectivity index (χ2n) is 7.01. The molecule has 3 aromatic rings. The predicted octanol–water partition coefficient (Wildman–Crippen LogP) is 6.67. The Morgan fingerprint density at radius 2 is 1.62 bits per heavy atom. The van der Waals surface area contributed by atoms with Gasteiger partial charge in [-0.1, -0.05) is 53.0 Å². The molecular weight excluding hydrogens is 475 g/mol. The average molecular weight is 492 g/mol. The summed E-state index contributed by atoms with van der Waals surface area (Å²) in [5.41, 5.74) is 2.24. The predicted molar refractivity (Wildman–Crippen MR) is 124 cm³/mol. The van der Waals surface area contributed by atoms with Crippen LogP contribution in [0.4, 0.5) is 0 Å². The van der Waals surface area contributed by atoms with Gasteiger partial charge in [0, 0.05) is 38.7 Å². The fourth-order valence-electron chi connectivity index (χ4n) is 3.18. The number of benzene rings is 3. The number of ether oxygens (including phenoxy) is 3. The summed E-state index contributed by atoms with van der Waals surface area (Å²) in [5.74, 6) is 0.670. The van der Waals surface area contributed by atoms with Crippen molar-refractivity contribution in [2.24, 2.45) is 0 Å². The number of aliphatic carboxylic acids is 1. The molecule has 0 fully saturated rings. The number of hydrogen-bond donors (Lipinski definition) is 1. The van der Waals surface area contributed by atoms with Crippen molar-refractivity contribution < 1.29 is 24.1 Å². The SMILES string of the molecule is O=C(O)/C(=C/c1ccc(OCc2c(Cl)cccc2Cl)cc1)Cc1cc2c(cc1Cl)OCO2. The molecule has 1 aliphatic rings. The van der Waals surface area contributed by atoms with Gasteiger partial charge in [-0.2, -0.15) is 0 Å². The number of carbonyl (C=O) groups is 1. The molecule has 0 aliphatic carbocycles. The summed E-state index contributed by atoms with van der Waals surface area (Å²) < 4.78 is 16.4. The van der Waals surface area contributed by atoms with Crippen molar-refractivity contribution in [1.29, 1.82) is 0 Å². The van der Waals surface area contributed by atoms with E-state index in [-0.39, 0.29) is 25.4 Å². The first-order chi connectivity index (χ1) is 15.4. The maximum atomic E-state index is 11.8. The number of hydrogen-bond acceptors (Lipinski definition) is 4. The second-order valence-corrected chi connectivity index (χ2v) is 8.23. The summed E-state index contributed by atoms with van der Waals surface area (Å²) >= 11 is 18.6. The third-order valence-corrected chi connectivity index (χ3v) is 5.92. The first-order valence-corrected chi connectivity index (χ1v) is 10.7. The van der Waals surface area contributed by atoms with Crippen molar-refractivity contribution in [3.05, 3.63) is 91.9 Å². The van der Waals surface area contributed by atoms with Crippen molar-refractivity contribution >= 4 is 46.8 Å². The van der Waals surface area contributed by atoms with Gasteiger partial charge in [-0.15, -0.1) is 0 Å². The van der Waals surface area contributed by atoms with E-state index in [0.29, 0.717) is 49.0 Å². The molecule has 0 spiro atoms. The van der Waals surface area contributed by atoms with Crippen LogP contribution in [0.1, 0.15) is 16.7 Å². The Kier molecular flexibility index (Phi) is 6.80. The summed E-state index contributed by atoms with van der Waals surface area (Å²) in [6, 6.07) is 15.7. The quantitative estimate of drug-likeness (QED) is 0.374. The van der Waals surface area contributed by atoms with Crippen LogP contribution in [0.25, 0.3) is 6.08 Å². The molecule has 4 rings (SSSR count). The zero-order chi connectivity index (χ0) is 22.7. The number of carboxylic acids is 1. The van der Waals surface area contributed by atoms with Gasteiger partial charge in [0.1, 0.15) is 12.4 Å². The number of rotatable bonds is 7. The molecule has 0 saturated heterocycles. The molecule has 0 unspecified atom stereocenters. The standard InChI is InChI=1S/C24H17Cl3O5/c25-19-2-1-3-20(26)18(19)12-30-17-6-4-14(5-7-17)8-16(24(28)29)9-15-10-22-23(11-21(15)27)32-13-31-22/h1-8,10-11H,9,12-13H2,(H,28,29)/b16-8+. The normalized spacial score (nSPS) is 12.7. The van der Waals surface area contributed by atoms with Crippen molar-refractivity contribution in [1.82, 2.24) is 0 Å². The molecule has 8 heteroatoms. The summed E-state index contributed by atoms with van der Waals surface area (Å²) in [6.45, 7) is 0.338. The molecule has 164 valence electrons. The maximum absolute atomic E-state index is 11.8. The molecule has 0 radical (unpaired) electrons. The molecule has 5 nitrogen and oxygen atoms in total. The largest absolute Gasteiger partial charge is 0.489 e. The molecule has 1 heterocycles. The minimum absolute atomic E-state index is 0.119. The lowest BCUT2D eigenvalue weighted by Crippen LogP contribution is -2.04. The van der Waals surface area contributed by atoms with Crippen molar-refractivity contribution in [2.75, 3.05) is 6.79 Å². The van der Waals surface area contributed by atoms with Crippen LogP contribution >= 0.6 is 34.8 Å². The van der Waals surface area contributed by atoms with E-state index in [4.69, 9.17) is 49.0 Å². The molecular formula is C24H17Cl3O5. The van der Waals surface area contributed by atoms with E-state index in [2.05, 4.69) is 0 Å². The van der Waals surface area contributed by atoms with Crippen LogP contribution in [0.15, 0.2) is 60.2 Å². The van der Waals surface area contributed by atoms with E-state index in [1.54, 1.807) is 60.7 Å². The van der Waals surface area contributed by atoms with Crippen molar-refractivity contribution in [3.8, 4) is 17.2 Å². The molecule has 1 aliphatic heterocycles. The van der Waals surface area contributed by atoms with Gasteiger partial charge in [-0.05, 0) is 47.5 Å². The van der Waals surface area contributed by atoms with E-state index in [1.807, 2.05) is 0 Å². The minimum Gasteiger partial charge on any atom is -0.489 e. The lowest BCUT2D eigenvalue weighted by Gasteiger charge is -2.10. The van der Waals surface area contributed by atoms with Crippen LogP contribution in [-0.4, -0.2) is 17.9 Å². The fourth-order valence-corrected chi connectivity index (χ4v) is 3.90. The van der Waals surface area contributed by atoms with Crippen LogP contribution in [0.3, 0.4) is 0 Å². The molecule has 0 amide bonds. The van der Waals surface area contributed by atoms with Gasteiger partial charge in [0.2, 0.25) is 6.79 Å². The van der Waals surface area contributed by atoms with E-state index >= 15 is 0 Å². The lowest BCUT2D eigenvalue weighted by atomic mass is 10.0. The molecule has 0 atom stereocenters. The summed E-state index contributed by atoms with van der Waals surface area (Å²) in [6.07, 6.45) is 1.73. The van der Waals surface area contributed by atoms with Crippen LogP contribution in [0, 0.1) is 0 Å². The van der Waals surface area contributed by atoms with E-state index in [0.717, 1.165) is 0 Å². The summed E-state index contributed by atoms with van der Waals surface area (Å²) in [5, 5.41) is 11.2.